The van der Waals surface area contributed by atoms with E-state index in [0.717, 1.165) is 11.3 Å². The fourth-order valence-corrected chi connectivity index (χ4v) is 1.58. The van der Waals surface area contributed by atoms with Gasteiger partial charge in [0.1, 0.15) is 0 Å². The summed E-state index contributed by atoms with van der Waals surface area (Å²) in [7, 11) is 1.73. The minimum atomic E-state index is -0.0136. The Labute approximate surface area is 108 Å². The molecular weight excluding hydrogens is 228 g/mol. The van der Waals surface area contributed by atoms with Gasteiger partial charge in [-0.1, -0.05) is 12.1 Å². The third kappa shape index (κ3) is 4.20. The molecule has 2 amide bonds. The normalized spacial score (nSPS) is 10.3. The third-order valence-corrected chi connectivity index (χ3v) is 2.61. The topological polar surface area (TPSA) is 49.4 Å². The van der Waals surface area contributed by atoms with E-state index in [1.807, 2.05) is 38.1 Å². The molecular formula is C14H20N2O2. The highest BCUT2D eigenvalue weighted by atomic mass is 16.2. The molecule has 0 fully saturated rings. The Morgan fingerprint density at radius 2 is 1.78 bits per heavy atom. The van der Waals surface area contributed by atoms with Gasteiger partial charge in [-0.25, -0.2) is 0 Å². The van der Waals surface area contributed by atoms with Gasteiger partial charge in [-0.15, -0.1) is 0 Å². The number of carbonyl (C=O) groups is 2. The molecule has 0 atom stereocenters. The number of hydrogen-bond acceptors (Lipinski definition) is 2. The SMILES string of the molecule is CC(=O)N(C)c1ccc(CC(=O)NC(C)C)cc1. The van der Waals surface area contributed by atoms with Crippen LogP contribution in [0.2, 0.25) is 0 Å². The van der Waals surface area contributed by atoms with E-state index in [-0.39, 0.29) is 17.9 Å². The highest BCUT2D eigenvalue weighted by Gasteiger charge is 2.07. The predicted molar refractivity (Wildman–Crippen MR) is 72.5 cm³/mol. The minimum Gasteiger partial charge on any atom is -0.354 e. The zero-order valence-corrected chi connectivity index (χ0v) is 11.4. The van der Waals surface area contributed by atoms with E-state index in [9.17, 15) is 9.59 Å². The zero-order valence-electron chi connectivity index (χ0n) is 11.4. The number of benzene rings is 1. The van der Waals surface area contributed by atoms with Crippen LogP contribution in [0.3, 0.4) is 0 Å². The molecule has 18 heavy (non-hydrogen) atoms. The van der Waals surface area contributed by atoms with Crippen LogP contribution in [-0.4, -0.2) is 24.9 Å². The molecule has 0 aliphatic carbocycles. The van der Waals surface area contributed by atoms with Crippen LogP contribution in [0.25, 0.3) is 0 Å². The Bertz CT molecular complexity index is 424. The largest absolute Gasteiger partial charge is 0.354 e. The summed E-state index contributed by atoms with van der Waals surface area (Å²) in [4.78, 5) is 24.3. The Hall–Kier alpha value is -1.84. The molecule has 0 aliphatic heterocycles. The first kappa shape index (κ1) is 14.2. The van der Waals surface area contributed by atoms with Crippen molar-refractivity contribution in [2.45, 2.75) is 33.2 Å². The molecule has 0 radical (unpaired) electrons. The first-order valence-corrected chi connectivity index (χ1v) is 6.02. The molecule has 0 bridgehead atoms. The summed E-state index contributed by atoms with van der Waals surface area (Å²) in [5, 5.41) is 2.84. The molecule has 98 valence electrons. The monoisotopic (exact) mass is 248 g/mol. The van der Waals surface area contributed by atoms with Gasteiger partial charge in [0.2, 0.25) is 11.8 Å². The lowest BCUT2D eigenvalue weighted by Crippen LogP contribution is -2.31. The number of carbonyl (C=O) groups excluding carboxylic acids is 2. The van der Waals surface area contributed by atoms with Gasteiger partial charge in [-0.3, -0.25) is 9.59 Å². The van der Waals surface area contributed by atoms with Crippen LogP contribution >= 0.6 is 0 Å². The van der Waals surface area contributed by atoms with Crippen LogP contribution in [-0.2, 0) is 16.0 Å². The quantitative estimate of drug-likeness (QED) is 0.882. The number of nitrogens with zero attached hydrogens (tertiary/aromatic N) is 1. The summed E-state index contributed by atoms with van der Waals surface area (Å²) in [6, 6.07) is 7.59. The Balaban J connectivity index is 2.66. The number of amides is 2. The van der Waals surface area contributed by atoms with Gasteiger partial charge in [0, 0.05) is 25.7 Å². The molecule has 0 saturated carbocycles. The van der Waals surface area contributed by atoms with Gasteiger partial charge in [0.25, 0.3) is 0 Å². The van der Waals surface area contributed by atoms with Crippen molar-refractivity contribution in [2.24, 2.45) is 0 Å². The summed E-state index contributed by atoms with van der Waals surface area (Å²) in [6.45, 7) is 5.38. The minimum absolute atomic E-state index is 0.0117. The van der Waals surface area contributed by atoms with Crippen LogP contribution in [0.4, 0.5) is 5.69 Å². The van der Waals surface area contributed by atoms with E-state index in [1.165, 1.54) is 6.92 Å². The van der Waals surface area contributed by atoms with Crippen molar-refractivity contribution in [1.29, 1.82) is 0 Å². The van der Waals surface area contributed by atoms with Gasteiger partial charge < -0.3 is 10.2 Å². The van der Waals surface area contributed by atoms with Gasteiger partial charge in [-0.2, -0.15) is 0 Å². The van der Waals surface area contributed by atoms with E-state index >= 15 is 0 Å². The van der Waals surface area contributed by atoms with Crippen LogP contribution in [0, 0.1) is 0 Å². The van der Waals surface area contributed by atoms with Gasteiger partial charge >= 0.3 is 0 Å². The molecule has 0 spiro atoms. The van der Waals surface area contributed by atoms with E-state index in [2.05, 4.69) is 5.32 Å². The maximum Gasteiger partial charge on any atom is 0.224 e. The van der Waals surface area contributed by atoms with Crippen molar-refractivity contribution in [2.75, 3.05) is 11.9 Å². The number of hydrogen-bond donors (Lipinski definition) is 1. The lowest BCUT2D eigenvalue weighted by molar-refractivity contribution is -0.121. The fourth-order valence-electron chi connectivity index (χ4n) is 1.58. The van der Waals surface area contributed by atoms with Crippen molar-refractivity contribution >= 4 is 17.5 Å². The summed E-state index contributed by atoms with van der Waals surface area (Å²) in [5.41, 5.74) is 1.77. The van der Waals surface area contributed by atoms with Crippen LogP contribution in [0.1, 0.15) is 26.3 Å². The Kier molecular flexibility index (Phi) is 4.89. The molecule has 1 N–H and O–H groups in total. The molecule has 0 aliphatic rings. The van der Waals surface area contributed by atoms with Crippen molar-refractivity contribution in [3.8, 4) is 0 Å². The molecule has 0 aromatic heterocycles. The third-order valence-electron chi connectivity index (χ3n) is 2.61. The molecule has 1 aromatic carbocycles. The van der Waals surface area contributed by atoms with Crippen LogP contribution < -0.4 is 10.2 Å². The second-order valence-corrected chi connectivity index (χ2v) is 4.64. The maximum absolute atomic E-state index is 11.6. The van der Waals surface area contributed by atoms with Crippen molar-refractivity contribution in [1.82, 2.24) is 5.32 Å². The average molecular weight is 248 g/mol. The van der Waals surface area contributed by atoms with E-state index in [1.54, 1.807) is 11.9 Å². The summed E-state index contributed by atoms with van der Waals surface area (Å²) >= 11 is 0. The molecule has 0 heterocycles. The molecule has 4 heteroatoms. The first-order valence-electron chi connectivity index (χ1n) is 6.02. The fraction of sp³-hybridized carbons (Fsp3) is 0.429. The maximum atomic E-state index is 11.6. The van der Waals surface area contributed by atoms with Crippen molar-refractivity contribution in [3.63, 3.8) is 0 Å². The van der Waals surface area contributed by atoms with Crippen LogP contribution in [0.5, 0.6) is 0 Å². The van der Waals surface area contributed by atoms with Gasteiger partial charge in [0.15, 0.2) is 0 Å². The molecule has 1 aromatic rings. The summed E-state index contributed by atoms with van der Waals surface area (Å²) in [6.07, 6.45) is 0.363. The highest BCUT2D eigenvalue weighted by Crippen LogP contribution is 2.14. The standard InChI is InChI=1S/C14H20N2O2/c1-10(2)15-14(18)9-12-5-7-13(8-6-12)16(4)11(3)17/h5-8,10H,9H2,1-4H3,(H,15,18). The number of rotatable bonds is 4. The highest BCUT2D eigenvalue weighted by molar-refractivity contribution is 5.90. The average Bonchev–Trinajstić information content (AvgIpc) is 2.27. The number of anilines is 1. The smallest absolute Gasteiger partial charge is 0.224 e. The summed E-state index contributed by atoms with van der Waals surface area (Å²) in [5.74, 6) is -0.00188. The lowest BCUT2D eigenvalue weighted by atomic mass is 10.1. The van der Waals surface area contributed by atoms with E-state index in [0.29, 0.717) is 6.42 Å². The molecule has 4 nitrogen and oxygen atoms in total. The summed E-state index contributed by atoms with van der Waals surface area (Å²) < 4.78 is 0. The Morgan fingerprint density at radius 1 is 1.22 bits per heavy atom. The molecule has 0 unspecified atom stereocenters. The van der Waals surface area contributed by atoms with Crippen molar-refractivity contribution < 1.29 is 9.59 Å². The van der Waals surface area contributed by atoms with E-state index < -0.39 is 0 Å². The molecule has 0 saturated heterocycles. The van der Waals surface area contributed by atoms with E-state index in [4.69, 9.17) is 0 Å². The zero-order chi connectivity index (χ0) is 13.7. The Morgan fingerprint density at radius 3 is 2.22 bits per heavy atom. The second-order valence-electron chi connectivity index (χ2n) is 4.64. The second kappa shape index (κ2) is 6.19. The van der Waals surface area contributed by atoms with Gasteiger partial charge in [-0.05, 0) is 31.5 Å². The number of nitrogens with one attached hydrogen (secondary N) is 1. The van der Waals surface area contributed by atoms with Crippen LogP contribution in [0.15, 0.2) is 24.3 Å². The predicted octanol–water partition coefficient (Wildman–Crippen LogP) is 1.74. The van der Waals surface area contributed by atoms with Gasteiger partial charge in [0.05, 0.1) is 6.42 Å². The van der Waals surface area contributed by atoms with Crippen molar-refractivity contribution in [3.05, 3.63) is 29.8 Å². The first-order chi connectivity index (χ1) is 8.40. The molecule has 1 rings (SSSR count). The lowest BCUT2D eigenvalue weighted by Gasteiger charge is -2.15.